The summed E-state index contributed by atoms with van der Waals surface area (Å²) in [5.74, 6) is 1.01. The summed E-state index contributed by atoms with van der Waals surface area (Å²) in [6.45, 7) is 8.10. The lowest BCUT2D eigenvalue weighted by molar-refractivity contribution is 0.0730. The number of carbonyl (C=O) groups is 1. The number of benzene rings is 2. The van der Waals surface area contributed by atoms with Crippen LogP contribution in [0.3, 0.4) is 0 Å². The fourth-order valence-corrected chi connectivity index (χ4v) is 5.19. The largest absolute Gasteiger partial charge is 0.490 e. The summed E-state index contributed by atoms with van der Waals surface area (Å²) in [6, 6.07) is 8.91. The van der Waals surface area contributed by atoms with Crippen LogP contribution in [0.5, 0.6) is 17.2 Å². The molecule has 0 aliphatic carbocycles. The molecule has 1 amide bonds. The van der Waals surface area contributed by atoms with Gasteiger partial charge in [-0.15, -0.1) is 5.10 Å². The van der Waals surface area contributed by atoms with Gasteiger partial charge in [-0.3, -0.25) is 10.1 Å². The third kappa shape index (κ3) is 6.06. The molecule has 1 aliphatic rings. The van der Waals surface area contributed by atoms with Crippen LogP contribution >= 0.6 is 0 Å². The highest BCUT2D eigenvalue weighted by atomic mass is 32.2. The second-order valence-electron chi connectivity index (χ2n) is 8.01. The standard InChI is InChI=1S/C25H30N4O8S/c1-4-34-20-15-18(16-21(35-5-2)22(20)36-6-3)24-27-28-25(37-24)26-23(30)17-7-9-19(10-8-17)38(31,32)29-11-13-33-14-12-29/h7-10,15-16H,4-6,11-14H2,1-3H3,(H,26,28,30). The van der Waals surface area contributed by atoms with E-state index in [2.05, 4.69) is 15.5 Å². The number of anilines is 1. The molecule has 1 N–H and O–H groups in total. The highest BCUT2D eigenvalue weighted by Crippen LogP contribution is 2.41. The minimum Gasteiger partial charge on any atom is -0.490 e. The van der Waals surface area contributed by atoms with Crippen LogP contribution in [0, 0.1) is 0 Å². The minimum atomic E-state index is -3.66. The van der Waals surface area contributed by atoms with Gasteiger partial charge in [-0.05, 0) is 57.2 Å². The number of sulfonamides is 1. The molecular weight excluding hydrogens is 516 g/mol. The van der Waals surface area contributed by atoms with Gasteiger partial charge in [0.2, 0.25) is 21.7 Å². The Hall–Kier alpha value is -3.68. The molecule has 1 aromatic heterocycles. The topological polar surface area (TPSA) is 142 Å². The average Bonchev–Trinajstić information content (AvgIpc) is 3.39. The Bertz CT molecular complexity index is 1320. The van der Waals surface area contributed by atoms with Gasteiger partial charge in [-0.25, -0.2) is 8.42 Å². The summed E-state index contributed by atoms with van der Waals surface area (Å²) in [5.41, 5.74) is 0.745. The van der Waals surface area contributed by atoms with Gasteiger partial charge in [0.05, 0.1) is 37.9 Å². The number of hydrogen-bond acceptors (Lipinski definition) is 10. The first-order valence-electron chi connectivity index (χ1n) is 12.3. The lowest BCUT2D eigenvalue weighted by Crippen LogP contribution is -2.40. The van der Waals surface area contributed by atoms with Gasteiger partial charge in [0.25, 0.3) is 5.91 Å². The van der Waals surface area contributed by atoms with E-state index in [0.717, 1.165) is 0 Å². The first-order valence-corrected chi connectivity index (χ1v) is 13.7. The van der Waals surface area contributed by atoms with Gasteiger partial charge in [-0.2, -0.15) is 4.31 Å². The quantitative estimate of drug-likeness (QED) is 0.381. The predicted molar refractivity (Wildman–Crippen MR) is 137 cm³/mol. The molecule has 0 unspecified atom stereocenters. The molecule has 13 heteroatoms. The molecule has 1 saturated heterocycles. The first-order chi connectivity index (χ1) is 18.4. The van der Waals surface area contributed by atoms with Crippen molar-refractivity contribution < 1.29 is 36.6 Å². The van der Waals surface area contributed by atoms with Gasteiger partial charge < -0.3 is 23.4 Å². The number of amides is 1. The highest BCUT2D eigenvalue weighted by molar-refractivity contribution is 7.89. The van der Waals surface area contributed by atoms with E-state index in [9.17, 15) is 13.2 Å². The zero-order valence-electron chi connectivity index (χ0n) is 21.4. The van der Waals surface area contributed by atoms with Crippen molar-refractivity contribution in [1.82, 2.24) is 14.5 Å². The Labute approximate surface area is 220 Å². The molecule has 0 saturated carbocycles. The van der Waals surface area contributed by atoms with E-state index >= 15 is 0 Å². The third-order valence-electron chi connectivity index (χ3n) is 5.53. The summed E-state index contributed by atoms with van der Waals surface area (Å²) in [7, 11) is -3.66. The van der Waals surface area contributed by atoms with Crippen LogP contribution in [0.2, 0.25) is 0 Å². The number of rotatable bonds is 11. The third-order valence-corrected chi connectivity index (χ3v) is 7.44. The monoisotopic (exact) mass is 546 g/mol. The Kier molecular flexibility index (Phi) is 8.81. The summed E-state index contributed by atoms with van der Waals surface area (Å²) in [4.78, 5) is 12.8. The van der Waals surface area contributed by atoms with Crippen molar-refractivity contribution in [3.63, 3.8) is 0 Å². The van der Waals surface area contributed by atoms with Crippen LogP contribution in [0.15, 0.2) is 45.7 Å². The lowest BCUT2D eigenvalue weighted by atomic mass is 10.2. The summed E-state index contributed by atoms with van der Waals surface area (Å²) in [6.07, 6.45) is 0. The number of ether oxygens (including phenoxy) is 4. The molecule has 0 radical (unpaired) electrons. The summed E-state index contributed by atoms with van der Waals surface area (Å²) < 4.78 is 55.0. The van der Waals surface area contributed by atoms with Gasteiger partial charge in [0, 0.05) is 24.2 Å². The minimum absolute atomic E-state index is 0.0988. The maximum absolute atomic E-state index is 12.8. The van der Waals surface area contributed by atoms with Crippen LogP contribution in [0.25, 0.3) is 11.5 Å². The van der Waals surface area contributed by atoms with Crippen molar-refractivity contribution in [2.24, 2.45) is 0 Å². The van der Waals surface area contributed by atoms with E-state index in [1.54, 1.807) is 12.1 Å². The number of aromatic nitrogens is 2. The fraction of sp³-hybridized carbons (Fsp3) is 0.400. The van der Waals surface area contributed by atoms with E-state index in [1.165, 1.54) is 28.6 Å². The van der Waals surface area contributed by atoms with Crippen LogP contribution in [-0.4, -0.2) is 75.0 Å². The van der Waals surface area contributed by atoms with E-state index in [-0.39, 0.29) is 35.5 Å². The van der Waals surface area contributed by atoms with E-state index < -0.39 is 15.9 Å². The Balaban J connectivity index is 1.50. The molecular formula is C25H30N4O8S. The molecule has 0 bridgehead atoms. The number of morpholine rings is 1. The normalized spacial score (nSPS) is 14.2. The van der Waals surface area contributed by atoms with Crippen molar-refractivity contribution in [2.75, 3.05) is 51.4 Å². The smallest absolute Gasteiger partial charge is 0.322 e. The molecule has 12 nitrogen and oxygen atoms in total. The number of nitrogens with one attached hydrogen (secondary N) is 1. The molecule has 2 heterocycles. The molecule has 1 fully saturated rings. The second-order valence-corrected chi connectivity index (χ2v) is 9.95. The molecule has 0 spiro atoms. The first kappa shape index (κ1) is 27.4. The fourth-order valence-electron chi connectivity index (χ4n) is 3.79. The van der Waals surface area contributed by atoms with Crippen LogP contribution in [0.4, 0.5) is 6.01 Å². The van der Waals surface area contributed by atoms with E-state index in [0.29, 0.717) is 55.8 Å². The molecule has 4 rings (SSSR count). The van der Waals surface area contributed by atoms with Crippen molar-refractivity contribution in [3.05, 3.63) is 42.0 Å². The SMILES string of the molecule is CCOc1cc(-c2nnc(NC(=O)c3ccc(S(=O)(=O)N4CCOCC4)cc3)o2)cc(OCC)c1OCC. The van der Waals surface area contributed by atoms with Gasteiger partial charge in [-0.1, -0.05) is 5.10 Å². The Morgan fingerprint density at radius 1 is 0.947 bits per heavy atom. The van der Waals surface area contributed by atoms with Crippen LogP contribution in [0.1, 0.15) is 31.1 Å². The van der Waals surface area contributed by atoms with Gasteiger partial charge in [0.15, 0.2) is 11.5 Å². The van der Waals surface area contributed by atoms with Crippen molar-refractivity contribution in [1.29, 1.82) is 0 Å². The Morgan fingerprint density at radius 3 is 2.13 bits per heavy atom. The summed E-state index contributed by atoms with van der Waals surface area (Å²) in [5, 5.41) is 10.5. The van der Waals surface area contributed by atoms with Crippen molar-refractivity contribution in [2.45, 2.75) is 25.7 Å². The molecule has 204 valence electrons. The molecule has 3 aromatic rings. The van der Waals surface area contributed by atoms with Crippen molar-refractivity contribution in [3.8, 4) is 28.7 Å². The number of nitrogens with zero attached hydrogens (tertiary/aromatic N) is 3. The van der Waals surface area contributed by atoms with Gasteiger partial charge >= 0.3 is 6.01 Å². The van der Waals surface area contributed by atoms with E-state index in [1.807, 2.05) is 20.8 Å². The Morgan fingerprint density at radius 2 is 1.55 bits per heavy atom. The zero-order valence-corrected chi connectivity index (χ0v) is 22.2. The highest BCUT2D eigenvalue weighted by Gasteiger charge is 2.26. The second kappa shape index (κ2) is 12.2. The maximum Gasteiger partial charge on any atom is 0.322 e. The van der Waals surface area contributed by atoms with Crippen molar-refractivity contribution >= 4 is 21.9 Å². The lowest BCUT2D eigenvalue weighted by Gasteiger charge is -2.26. The zero-order chi connectivity index (χ0) is 27.1. The molecule has 2 aromatic carbocycles. The molecule has 38 heavy (non-hydrogen) atoms. The average molecular weight is 547 g/mol. The maximum atomic E-state index is 12.8. The number of hydrogen-bond donors (Lipinski definition) is 1. The van der Waals surface area contributed by atoms with Crippen LogP contribution in [-0.2, 0) is 14.8 Å². The summed E-state index contributed by atoms with van der Waals surface area (Å²) >= 11 is 0. The number of carbonyl (C=O) groups excluding carboxylic acids is 1. The van der Waals surface area contributed by atoms with Gasteiger partial charge in [0.1, 0.15) is 0 Å². The van der Waals surface area contributed by atoms with Crippen LogP contribution < -0.4 is 19.5 Å². The predicted octanol–water partition coefficient (Wildman–Crippen LogP) is 3.21. The molecule has 0 atom stereocenters. The van der Waals surface area contributed by atoms with E-state index in [4.69, 9.17) is 23.4 Å². The molecule has 1 aliphatic heterocycles.